The highest BCUT2D eigenvalue weighted by molar-refractivity contribution is 6.18. The maximum absolute atomic E-state index is 8.95. The Labute approximate surface area is 131 Å². The van der Waals surface area contributed by atoms with Crippen LogP contribution >= 0.6 is 23.2 Å². The molecule has 114 valence electrons. The highest BCUT2D eigenvalue weighted by Gasteiger charge is 2.10. The summed E-state index contributed by atoms with van der Waals surface area (Å²) in [6.07, 6.45) is 1.40. The number of halogens is 2. The molecule has 0 aliphatic rings. The Morgan fingerprint density at radius 3 is 2.45 bits per heavy atom. The average Bonchev–Trinajstić information content (AvgIpc) is 2.41. The van der Waals surface area contributed by atoms with Crippen molar-refractivity contribution in [2.75, 3.05) is 36.4 Å². The Hall–Kier alpha value is -0.480. The van der Waals surface area contributed by atoms with E-state index in [1.807, 2.05) is 0 Å². The van der Waals surface area contributed by atoms with Gasteiger partial charge in [-0.2, -0.15) is 0 Å². The van der Waals surface area contributed by atoms with Gasteiger partial charge in [-0.25, -0.2) is 0 Å². The molecule has 0 aliphatic carbocycles. The maximum atomic E-state index is 8.95. The fourth-order valence-electron chi connectivity index (χ4n) is 2.20. The van der Waals surface area contributed by atoms with Gasteiger partial charge < -0.3 is 15.7 Å². The molecular weight excluding hydrogens is 295 g/mol. The molecule has 0 amide bonds. The highest BCUT2D eigenvalue weighted by atomic mass is 35.5. The molecule has 0 unspecified atom stereocenters. The number of aliphatic hydroxyl groups is 1. The molecular formula is C15H24Cl2N2O. The number of rotatable bonds is 9. The van der Waals surface area contributed by atoms with Gasteiger partial charge in [-0.05, 0) is 43.0 Å². The van der Waals surface area contributed by atoms with E-state index < -0.39 is 0 Å². The van der Waals surface area contributed by atoms with Gasteiger partial charge in [-0.1, -0.05) is 6.07 Å². The van der Waals surface area contributed by atoms with Crippen LogP contribution in [-0.4, -0.2) is 42.6 Å². The number of aryl methyl sites for hydroxylation is 1. The number of nitrogens with zero attached hydrogens (tertiary/aromatic N) is 1. The van der Waals surface area contributed by atoms with Crippen LogP contribution in [0.4, 0.5) is 5.69 Å². The van der Waals surface area contributed by atoms with Gasteiger partial charge in [-0.15, -0.1) is 23.2 Å². The molecule has 0 saturated heterocycles. The van der Waals surface area contributed by atoms with Crippen molar-refractivity contribution >= 4 is 28.9 Å². The Bertz CT molecular complexity index is 395. The molecule has 0 aliphatic heterocycles. The lowest BCUT2D eigenvalue weighted by Crippen LogP contribution is -2.28. The first-order valence-electron chi connectivity index (χ1n) is 6.95. The molecule has 1 aromatic rings. The molecule has 0 bridgehead atoms. The molecule has 1 atom stereocenters. The molecule has 0 fully saturated rings. The number of hydrogen-bond donors (Lipinski definition) is 2. The van der Waals surface area contributed by atoms with Gasteiger partial charge in [0.25, 0.3) is 0 Å². The van der Waals surface area contributed by atoms with Crippen LogP contribution in [0.1, 0.15) is 17.5 Å². The molecule has 1 rings (SSSR count). The van der Waals surface area contributed by atoms with Crippen molar-refractivity contribution in [3.8, 4) is 0 Å². The van der Waals surface area contributed by atoms with Crippen LogP contribution in [0.15, 0.2) is 18.2 Å². The highest BCUT2D eigenvalue weighted by Crippen LogP contribution is 2.21. The molecule has 0 aromatic heterocycles. The molecule has 0 heterocycles. The zero-order valence-corrected chi connectivity index (χ0v) is 13.5. The standard InChI is InChI=1S/C15H24Cl2N2O/c1-12-2-3-15(19(7-5-16)8-6-17)11-13(12)10-14(18)4-9-20/h2-3,11,14,20H,4-10,18H2,1H3/t14-/m1/s1. The molecule has 3 nitrogen and oxygen atoms in total. The fourth-order valence-corrected chi connectivity index (χ4v) is 2.61. The Kier molecular flexibility index (Phi) is 8.31. The summed E-state index contributed by atoms with van der Waals surface area (Å²) in [4.78, 5) is 2.18. The van der Waals surface area contributed by atoms with Crippen molar-refractivity contribution in [1.82, 2.24) is 0 Å². The van der Waals surface area contributed by atoms with Crippen molar-refractivity contribution in [3.05, 3.63) is 29.3 Å². The number of alkyl halides is 2. The summed E-state index contributed by atoms with van der Waals surface area (Å²) in [6.45, 7) is 3.77. The second-order valence-electron chi connectivity index (χ2n) is 4.95. The van der Waals surface area contributed by atoms with Crippen molar-refractivity contribution in [2.45, 2.75) is 25.8 Å². The Morgan fingerprint density at radius 1 is 1.25 bits per heavy atom. The van der Waals surface area contributed by atoms with Crippen LogP contribution < -0.4 is 10.6 Å². The van der Waals surface area contributed by atoms with Crippen LogP contribution in [-0.2, 0) is 6.42 Å². The first-order chi connectivity index (χ1) is 9.62. The van der Waals surface area contributed by atoms with Crippen LogP contribution in [0, 0.1) is 6.92 Å². The van der Waals surface area contributed by atoms with Crippen molar-refractivity contribution in [3.63, 3.8) is 0 Å². The third-order valence-electron chi connectivity index (χ3n) is 3.39. The third kappa shape index (κ3) is 5.49. The lowest BCUT2D eigenvalue weighted by Gasteiger charge is -2.24. The monoisotopic (exact) mass is 318 g/mol. The van der Waals surface area contributed by atoms with E-state index >= 15 is 0 Å². The fraction of sp³-hybridized carbons (Fsp3) is 0.600. The number of nitrogens with two attached hydrogens (primary N) is 1. The van der Waals surface area contributed by atoms with Gasteiger partial charge in [0.1, 0.15) is 0 Å². The molecule has 0 spiro atoms. The van der Waals surface area contributed by atoms with Gasteiger partial charge >= 0.3 is 0 Å². The van der Waals surface area contributed by atoms with Gasteiger partial charge in [0.2, 0.25) is 0 Å². The largest absolute Gasteiger partial charge is 0.396 e. The van der Waals surface area contributed by atoms with E-state index in [9.17, 15) is 0 Å². The second kappa shape index (κ2) is 9.46. The normalized spacial score (nSPS) is 12.4. The summed E-state index contributed by atoms with van der Waals surface area (Å²) in [7, 11) is 0. The Balaban J connectivity index is 2.88. The molecule has 3 N–H and O–H groups in total. The first kappa shape index (κ1) is 17.6. The van der Waals surface area contributed by atoms with E-state index in [-0.39, 0.29) is 12.6 Å². The van der Waals surface area contributed by atoms with Crippen LogP contribution in [0.2, 0.25) is 0 Å². The minimum atomic E-state index is -0.0107. The zero-order valence-electron chi connectivity index (χ0n) is 12.0. The smallest absolute Gasteiger partial charge is 0.0445 e. The zero-order chi connectivity index (χ0) is 15.0. The predicted molar refractivity (Wildman–Crippen MR) is 88.2 cm³/mol. The lowest BCUT2D eigenvalue weighted by molar-refractivity contribution is 0.275. The van der Waals surface area contributed by atoms with E-state index in [2.05, 4.69) is 30.0 Å². The van der Waals surface area contributed by atoms with Crippen molar-refractivity contribution in [2.24, 2.45) is 5.73 Å². The van der Waals surface area contributed by atoms with Crippen LogP contribution in [0.5, 0.6) is 0 Å². The second-order valence-corrected chi connectivity index (χ2v) is 5.71. The van der Waals surface area contributed by atoms with Gasteiger partial charge in [0.05, 0.1) is 0 Å². The maximum Gasteiger partial charge on any atom is 0.0445 e. The molecule has 1 aromatic carbocycles. The Morgan fingerprint density at radius 2 is 1.90 bits per heavy atom. The van der Waals surface area contributed by atoms with E-state index in [1.54, 1.807) is 0 Å². The third-order valence-corrected chi connectivity index (χ3v) is 3.73. The SMILES string of the molecule is Cc1ccc(N(CCCl)CCCl)cc1C[C@H](N)CCO. The average molecular weight is 319 g/mol. The summed E-state index contributed by atoms with van der Waals surface area (Å²) in [5.41, 5.74) is 9.58. The molecule has 0 radical (unpaired) electrons. The number of hydrogen-bond acceptors (Lipinski definition) is 3. The van der Waals surface area contributed by atoms with E-state index in [0.717, 1.165) is 25.2 Å². The van der Waals surface area contributed by atoms with Gasteiger partial charge in [-0.3, -0.25) is 0 Å². The minimum Gasteiger partial charge on any atom is -0.396 e. The number of benzene rings is 1. The molecule has 0 saturated carbocycles. The van der Waals surface area contributed by atoms with Crippen LogP contribution in [0.25, 0.3) is 0 Å². The summed E-state index contributed by atoms with van der Waals surface area (Å²) >= 11 is 11.7. The van der Waals surface area contributed by atoms with E-state index in [0.29, 0.717) is 18.2 Å². The summed E-state index contributed by atoms with van der Waals surface area (Å²) < 4.78 is 0. The molecule has 5 heteroatoms. The van der Waals surface area contributed by atoms with Gasteiger partial charge in [0.15, 0.2) is 0 Å². The topological polar surface area (TPSA) is 49.5 Å². The summed E-state index contributed by atoms with van der Waals surface area (Å²) in [5, 5.41) is 8.95. The predicted octanol–water partition coefficient (Wildman–Crippen LogP) is 2.53. The quantitative estimate of drug-likeness (QED) is 0.688. The minimum absolute atomic E-state index is 0.0107. The summed E-state index contributed by atoms with van der Waals surface area (Å²) in [5.74, 6) is 1.15. The number of aliphatic hydroxyl groups excluding tert-OH is 1. The van der Waals surface area contributed by atoms with Crippen molar-refractivity contribution < 1.29 is 5.11 Å². The van der Waals surface area contributed by atoms with E-state index in [4.69, 9.17) is 34.0 Å². The lowest BCUT2D eigenvalue weighted by atomic mass is 9.99. The number of anilines is 1. The van der Waals surface area contributed by atoms with E-state index in [1.165, 1.54) is 11.1 Å². The van der Waals surface area contributed by atoms with Gasteiger partial charge in [0, 0.05) is 43.2 Å². The summed E-state index contributed by atoms with van der Waals surface area (Å²) in [6, 6.07) is 6.34. The first-order valence-corrected chi connectivity index (χ1v) is 8.02. The molecule has 20 heavy (non-hydrogen) atoms. The van der Waals surface area contributed by atoms with Crippen LogP contribution in [0.3, 0.4) is 0 Å². The van der Waals surface area contributed by atoms with Crippen molar-refractivity contribution in [1.29, 1.82) is 0 Å².